The summed E-state index contributed by atoms with van der Waals surface area (Å²) in [6.45, 7) is 0.313. The molecule has 0 spiro atoms. The molecular weight excluding hydrogens is 450 g/mol. The average Bonchev–Trinajstić information content (AvgIpc) is 3.08. The SMILES string of the molecule is COc1nc(-c2cccc(Br)c2Cl)ccc1CN(CC1CCC(=O)N1)C(=O)O. The number of nitrogens with one attached hydrogen (secondary N) is 1. The van der Waals surface area contributed by atoms with E-state index < -0.39 is 6.09 Å². The minimum Gasteiger partial charge on any atom is -0.481 e. The number of benzene rings is 1. The predicted octanol–water partition coefficient (Wildman–Crippen LogP) is 3.93. The van der Waals surface area contributed by atoms with E-state index in [9.17, 15) is 14.7 Å². The van der Waals surface area contributed by atoms with E-state index in [1.807, 2.05) is 18.2 Å². The van der Waals surface area contributed by atoms with Gasteiger partial charge in [-0.1, -0.05) is 23.7 Å². The Morgan fingerprint density at radius 2 is 2.21 bits per heavy atom. The van der Waals surface area contributed by atoms with E-state index in [4.69, 9.17) is 16.3 Å². The largest absolute Gasteiger partial charge is 0.481 e. The van der Waals surface area contributed by atoms with E-state index in [0.717, 1.165) is 10.0 Å². The Morgan fingerprint density at radius 3 is 2.86 bits per heavy atom. The summed E-state index contributed by atoms with van der Waals surface area (Å²) in [4.78, 5) is 28.8. The molecule has 1 saturated heterocycles. The summed E-state index contributed by atoms with van der Waals surface area (Å²) >= 11 is 9.74. The first-order chi connectivity index (χ1) is 13.4. The Kier molecular flexibility index (Phi) is 6.41. The van der Waals surface area contributed by atoms with Crippen LogP contribution in [0, 0.1) is 0 Å². The number of ether oxygens (including phenoxy) is 1. The average molecular weight is 469 g/mol. The lowest BCUT2D eigenvalue weighted by Crippen LogP contribution is -2.41. The molecular formula is C19H19BrClN3O4. The zero-order valence-corrected chi connectivity index (χ0v) is 17.5. The van der Waals surface area contributed by atoms with Gasteiger partial charge in [-0.25, -0.2) is 9.78 Å². The zero-order chi connectivity index (χ0) is 20.3. The Morgan fingerprint density at radius 1 is 1.43 bits per heavy atom. The number of halogens is 2. The molecule has 0 saturated carbocycles. The molecule has 9 heteroatoms. The Balaban J connectivity index is 1.83. The minimum absolute atomic E-state index is 0.0511. The molecule has 28 heavy (non-hydrogen) atoms. The molecule has 7 nitrogen and oxygen atoms in total. The number of carbonyl (C=O) groups is 2. The third kappa shape index (κ3) is 4.56. The third-order valence-corrected chi connectivity index (χ3v) is 5.81. The summed E-state index contributed by atoms with van der Waals surface area (Å²) in [6.07, 6.45) is -0.0222. The molecule has 0 radical (unpaired) electrons. The van der Waals surface area contributed by atoms with Crippen LogP contribution in [0.15, 0.2) is 34.8 Å². The van der Waals surface area contributed by atoms with Crippen LogP contribution in [0.3, 0.4) is 0 Å². The number of rotatable bonds is 6. The molecule has 1 atom stereocenters. The Bertz CT molecular complexity index is 909. The van der Waals surface area contributed by atoms with Crippen LogP contribution in [0.25, 0.3) is 11.3 Å². The maximum Gasteiger partial charge on any atom is 0.407 e. The first-order valence-electron chi connectivity index (χ1n) is 8.64. The van der Waals surface area contributed by atoms with Crippen molar-refractivity contribution in [2.45, 2.75) is 25.4 Å². The molecule has 1 unspecified atom stereocenters. The number of hydrogen-bond acceptors (Lipinski definition) is 4. The second-order valence-electron chi connectivity index (χ2n) is 6.43. The van der Waals surface area contributed by atoms with Crippen LogP contribution in [0.5, 0.6) is 5.88 Å². The number of nitrogens with zero attached hydrogens (tertiary/aromatic N) is 2. The molecule has 3 rings (SSSR count). The lowest BCUT2D eigenvalue weighted by atomic mass is 10.1. The second-order valence-corrected chi connectivity index (χ2v) is 7.66. The maximum absolute atomic E-state index is 11.7. The summed E-state index contributed by atoms with van der Waals surface area (Å²) in [6, 6.07) is 8.92. The fourth-order valence-corrected chi connectivity index (χ4v) is 3.70. The monoisotopic (exact) mass is 467 g/mol. The molecule has 2 heterocycles. The molecule has 2 N–H and O–H groups in total. The van der Waals surface area contributed by atoms with Crippen molar-refractivity contribution in [1.29, 1.82) is 0 Å². The van der Waals surface area contributed by atoms with Crippen molar-refractivity contribution >= 4 is 39.5 Å². The molecule has 1 aliphatic heterocycles. The topological polar surface area (TPSA) is 91.8 Å². The predicted molar refractivity (Wildman–Crippen MR) is 109 cm³/mol. The van der Waals surface area contributed by atoms with Gasteiger partial charge in [0.25, 0.3) is 0 Å². The maximum atomic E-state index is 11.7. The molecule has 148 valence electrons. The van der Waals surface area contributed by atoms with Gasteiger partial charge in [-0.3, -0.25) is 4.79 Å². The van der Waals surface area contributed by atoms with Crippen LogP contribution < -0.4 is 10.1 Å². The molecule has 1 aromatic carbocycles. The first-order valence-corrected chi connectivity index (χ1v) is 9.81. The number of carboxylic acid groups (broad SMARTS) is 1. The molecule has 1 aliphatic rings. The van der Waals surface area contributed by atoms with Gasteiger partial charge in [0.15, 0.2) is 0 Å². The van der Waals surface area contributed by atoms with Gasteiger partial charge < -0.3 is 20.1 Å². The van der Waals surface area contributed by atoms with Crippen molar-refractivity contribution in [2.75, 3.05) is 13.7 Å². The number of aromatic nitrogens is 1. The third-order valence-electron chi connectivity index (χ3n) is 4.52. The highest BCUT2D eigenvalue weighted by Crippen LogP contribution is 2.34. The van der Waals surface area contributed by atoms with E-state index in [0.29, 0.717) is 35.0 Å². The quantitative estimate of drug-likeness (QED) is 0.670. The van der Waals surface area contributed by atoms with E-state index in [1.54, 1.807) is 12.1 Å². The van der Waals surface area contributed by atoms with E-state index in [-0.39, 0.29) is 25.0 Å². The molecule has 2 aromatic rings. The standard InChI is InChI=1S/C19H19BrClN3O4/c1-28-18-11(9-24(19(26)27)10-12-6-8-16(25)22-12)5-7-15(23-18)13-3-2-4-14(20)17(13)21/h2-5,7,12H,6,8-10H2,1H3,(H,22,25)(H,26,27). The van der Waals surface area contributed by atoms with Crippen molar-refractivity contribution in [3.05, 3.63) is 45.4 Å². The van der Waals surface area contributed by atoms with E-state index >= 15 is 0 Å². The Hall–Kier alpha value is -2.32. The second kappa shape index (κ2) is 8.79. The summed E-state index contributed by atoms with van der Waals surface area (Å²) in [5.74, 6) is 0.278. The molecule has 1 fully saturated rings. The minimum atomic E-state index is -1.07. The van der Waals surface area contributed by atoms with Crippen LogP contribution in [0.1, 0.15) is 18.4 Å². The highest BCUT2D eigenvalue weighted by atomic mass is 79.9. The molecule has 1 aromatic heterocycles. The summed E-state index contributed by atoms with van der Waals surface area (Å²) < 4.78 is 6.15. The summed E-state index contributed by atoms with van der Waals surface area (Å²) in [7, 11) is 1.49. The molecule has 2 amide bonds. The number of carbonyl (C=O) groups excluding carboxylic acids is 1. The number of pyridine rings is 1. The van der Waals surface area contributed by atoms with Crippen molar-refractivity contribution in [2.24, 2.45) is 0 Å². The Labute approximate surface area is 175 Å². The van der Waals surface area contributed by atoms with Crippen LogP contribution in [-0.4, -0.2) is 46.7 Å². The zero-order valence-electron chi connectivity index (χ0n) is 15.1. The van der Waals surface area contributed by atoms with Gasteiger partial charge >= 0.3 is 6.09 Å². The number of amides is 2. The fourth-order valence-electron chi connectivity index (χ4n) is 3.11. The van der Waals surface area contributed by atoms with Crippen LogP contribution in [-0.2, 0) is 11.3 Å². The van der Waals surface area contributed by atoms with Gasteiger partial charge in [-0.2, -0.15) is 0 Å². The normalized spacial score (nSPS) is 16.0. The van der Waals surface area contributed by atoms with Gasteiger partial charge in [0, 0.05) is 34.6 Å². The van der Waals surface area contributed by atoms with Crippen LogP contribution >= 0.6 is 27.5 Å². The summed E-state index contributed by atoms with van der Waals surface area (Å²) in [5, 5.41) is 12.9. The smallest absolute Gasteiger partial charge is 0.407 e. The number of methoxy groups -OCH3 is 1. The fraction of sp³-hybridized carbons (Fsp3) is 0.316. The molecule has 0 bridgehead atoms. The lowest BCUT2D eigenvalue weighted by molar-refractivity contribution is -0.119. The van der Waals surface area contributed by atoms with Gasteiger partial charge in [0.05, 0.1) is 24.4 Å². The van der Waals surface area contributed by atoms with Crippen LogP contribution in [0.2, 0.25) is 5.02 Å². The first kappa shape index (κ1) is 20.4. The molecule has 0 aliphatic carbocycles. The lowest BCUT2D eigenvalue weighted by Gasteiger charge is -2.23. The highest BCUT2D eigenvalue weighted by Gasteiger charge is 2.26. The van der Waals surface area contributed by atoms with Gasteiger partial charge in [-0.15, -0.1) is 0 Å². The van der Waals surface area contributed by atoms with Gasteiger partial charge in [-0.05, 0) is 40.5 Å². The van der Waals surface area contributed by atoms with E-state index in [1.165, 1.54) is 12.0 Å². The van der Waals surface area contributed by atoms with Crippen molar-refractivity contribution in [1.82, 2.24) is 15.2 Å². The highest BCUT2D eigenvalue weighted by molar-refractivity contribution is 9.10. The number of hydrogen-bond donors (Lipinski definition) is 2. The van der Waals surface area contributed by atoms with Gasteiger partial charge in [0.1, 0.15) is 0 Å². The summed E-state index contributed by atoms with van der Waals surface area (Å²) in [5.41, 5.74) is 1.99. The van der Waals surface area contributed by atoms with Crippen molar-refractivity contribution < 1.29 is 19.4 Å². The van der Waals surface area contributed by atoms with Crippen molar-refractivity contribution in [3.63, 3.8) is 0 Å². The van der Waals surface area contributed by atoms with Crippen LogP contribution in [0.4, 0.5) is 4.79 Å². The van der Waals surface area contributed by atoms with E-state index in [2.05, 4.69) is 26.2 Å². The van der Waals surface area contributed by atoms with Crippen molar-refractivity contribution in [3.8, 4) is 17.1 Å². The van der Waals surface area contributed by atoms with Gasteiger partial charge in [0.2, 0.25) is 11.8 Å².